The van der Waals surface area contributed by atoms with E-state index in [1.807, 2.05) is 32.0 Å². The van der Waals surface area contributed by atoms with Crippen LogP contribution in [0.1, 0.15) is 35.3 Å². The van der Waals surface area contributed by atoms with E-state index in [0.29, 0.717) is 16.8 Å². The van der Waals surface area contributed by atoms with E-state index in [1.165, 1.54) is 13.0 Å². The molecule has 4 rings (SSSR count). The first-order valence-corrected chi connectivity index (χ1v) is 12.5. The monoisotopic (exact) mass is 491 g/mol. The minimum Gasteiger partial charge on any atom is -0.446 e. The van der Waals surface area contributed by atoms with Crippen LogP contribution in [0, 0.1) is 13.8 Å². The van der Waals surface area contributed by atoms with Gasteiger partial charge in [0, 0.05) is 16.8 Å². The molecule has 0 unspecified atom stereocenters. The minimum absolute atomic E-state index is 0.0566. The highest BCUT2D eigenvalue weighted by atomic mass is 32.2. The van der Waals surface area contributed by atoms with Gasteiger partial charge in [-0.1, -0.05) is 54.6 Å². The van der Waals surface area contributed by atoms with Crippen molar-refractivity contribution in [2.75, 3.05) is 5.32 Å². The number of carbonyl (C=O) groups is 2. The molecule has 2 atom stereocenters. The number of carbonyl (C=O) groups excluding carboxylic acids is 2. The molecule has 0 aliphatic carbocycles. The van der Waals surface area contributed by atoms with Crippen molar-refractivity contribution in [3.63, 3.8) is 0 Å². The van der Waals surface area contributed by atoms with Gasteiger partial charge in [-0.05, 0) is 50.1 Å². The Labute approximate surface area is 204 Å². The zero-order chi connectivity index (χ0) is 25.2. The van der Waals surface area contributed by atoms with Crippen molar-refractivity contribution < 1.29 is 22.7 Å². The highest BCUT2D eigenvalue weighted by molar-refractivity contribution is 7.90. The molecule has 3 aromatic rings. The Hall–Kier alpha value is -3.98. The third-order valence-corrected chi connectivity index (χ3v) is 6.95. The third-order valence-electron chi connectivity index (χ3n) is 5.55. The zero-order valence-electron chi connectivity index (χ0n) is 19.5. The lowest BCUT2D eigenvalue weighted by atomic mass is 10.1. The van der Waals surface area contributed by atoms with E-state index < -0.39 is 34.0 Å². The molecule has 1 aliphatic heterocycles. The Morgan fingerprint density at radius 3 is 2.40 bits per heavy atom. The van der Waals surface area contributed by atoms with Crippen LogP contribution in [0.25, 0.3) is 0 Å². The standard InChI is InChI=1S/C26H25N3O5S/c1-16-13-14-17(2)21(15-16)28-25(30)23(19-9-5-4-6-10-19)34-26(31)18(3)27-24-20-11-7-8-12-22(20)35(32,33)29-24/h4-15,18,23H,1-3H3,(H,27,29)(H,28,30)/t18-,23+/m1/s1. The molecule has 9 heteroatoms. The van der Waals surface area contributed by atoms with Crippen molar-refractivity contribution in [3.05, 3.63) is 95.1 Å². The average molecular weight is 492 g/mol. The summed E-state index contributed by atoms with van der Waals surface area (Å²) in [6.45, 7) is 5.27. The lowest BCUT2D eigenvalue weighted by molar-refractivity contribution is -0.155. The molecule has 35 heavy (non-hydrogen) atoms. The number of rotatable bonds is 6. The van der Waals surface area contributed by atoms with Gasteiger partial charge in [0.2, 0.25) is 6.10 Å². The molecule has 0 spiro atoms. The molecule has 3 aromatic carbocycles. The lowest BCUT2D eigenvalue weighted by Gasteiger charge is -2.20. The molecule has 1 heterocycles. The number of hydrogen-bond acceptors (Lipinski definition) is 6. The predicted octanol–water partition coefficient (Wildman–Crippen LogP) is 3.65. The van der Waals surface area contributed by atoms with Crippen LogP contribution < -0.4 is 10.0 Å². The number of aryl methyl sites for hydroxylation is 2. The number of ether oxygens (including phenoxy) is 1. The molecular formula is C26H25N3O5S. The Bertz CT molecular complexity index is 1420. The van der Waals surface area contributed by atoms with Gasteiger partial charge in [-0.2, -0.15) is 0 Å². The average Bonchev–Trinajstić information content (AvgIpc) is 3.10. The second-order valence-electron chi connectivity index (χ2n) is 8.29. The number of amidine groups is 1. The fraction of sp³-hybridized carbons (Fsp3) is 0.192. The van der Waals surface area contributed by atoms with Crippen LogP contribution in [0.2, 0.25) is 0 Å². The third kappa shape index (κ3) is 5.25. The molecule has 0 fully saturated rings. The molecule has 180 valence electrons. The number of aliphatic imine (C=N–C) groups is 1. The fourth-order valence-electron chi connectivity index (χ4n) is 3.66. The number of anilines is 1. The summed E-state index contributed by atoms with van der Waals surface area (Å²) in [6, 6.07) is 19.6. The Morgan fingerprint density at radius 1 is 0.971 bits per heavy atom. The van der Waals surface area contributed by atoms with Crippen molar-refractivity contribution >= 4 is 33.4 Å². The Balaban J connectivity index is 1.58. The quantitative estimate of drug-likeness (QED) is 0.511. The van der Waals surface area contributed by atoms with Gasteiger partial charge in [0.25, 0.3) is 15.9 Å². The normalized spacial score (nSPS) is 16.6. The van der Waals surface area contributed by atoms with E-state index in [-0.39, 0.29) is 10.7 Å². The summed E-state index contributed by atoms with van der Waals surface area (Å²) in [5.41, 5.74) is 3.34. The fourth-order valence-corrected chi connectivity index (χ4v) is 4.90. The topological polar surface area (TPSA) is 114 Å². The second-order valence-corrected chi connectivity index (χ2v) is 9.94. The first-order valence-electron chi connectivity index (χ1n) is 11.0. The number of sulfonamides is 1. The molecule has 2 N–H and O–H groups in total. The van der Waals surface area contributed by atoms with Crippen LogP contribution in [-0.2, 0) is 24.3 Å². The molecular weight excluding hydrogens is 466 g/mol. The molecule has 0 aromatic heterocycles. The Kier molecular flexibility index (Phi) is 6.70. The van der Waals surface area contributed by atoms with Gasteiger partial charge in [0.15, 0.2) is 0 Å². The number of fused-ring (bicyclic) bond motifs is 1. The van der Waals surface area contributed by atoms with Crippen LogP contribution in [0.4, 0.5) is 5.69 Å². The van der Waals surface area contributed by atoms with Crippen molar-refractivity contribution in [2.45, 2.75) is 37.8 Å². The molecule has 8 nitrogen and oxygen atoms in total. The summed E-state index contributed by atoms with van der Waals surface area (Å²) in [6.07, 6.45) is -1.22. The van der Waals surface area contributed by atoms with Gasteiger partial charge in [-0.3, -0.25) is 14.5 Å². The van der Waals surface area contributed by atoms with Crippen molar-refractivity contribution in [2.24, 2.45) is 4.99 Å². The number of nitrogens with one attached hydrogen (secondary N) is 2. The van der Waals surface area contributed by atoms with E-state index in [2.05, 4.69) is 15.0 Å². The first-order chi connectivity index (χ1) is 16.7. The molecule has 0 saturated heterocycles. The summed E-state index contributed by atoms with van der Waals surface area (Å²) >= 11 is 0. The van der Waals surface area contributed by atoms with Crippen LogP contribution in [0.5, 0.6) is 0 Å². The van der Waals surface area contributed by atoms with Crippen LogP contribution in [0.3, 0.4) is 0 Å². The number of nitrogens with zero attached hydrogens (tertiary/aromatic N) is 1. The van der Waals surface area contributed by atoms with Crippen LogP contribution in [0.15, 0.2) is 82.7 Å². The Morgan fingerprint density at radius 2 is 1.66 bits per heavy atom. The summed E-state index contributed by atoms with van der Waals surface area (Å²) in [4.78, 5) is 30.5. The highest BCUT2D eigenvalue weighted by Crippen LogP contribution is 2.25. The minimum atomic E-state index is -3.74. The lowest BCUT2D eigenvalue weighted by Crippen LogP contribution is -2.31. The maximum atomic E-state index is 13.2. The molecule has 0 saturated carbocycles. The molecule has 0 radical (unpaired) electrons. The number of benzene rings is 3. The van der Waals surface area contributed by atoms with Crippen LogP contribution >= 0.6 is 0 Å². The van der Waals surface area contributed by atoms with E-state index in [0.717, 1.165) is 11.1 Å². The van der Waals surface area contributed by atoms with E-state index in [4.69, 9.17) is 4.74 Å². The van der Waals surface area contributed by atoms with Gasteiger partial charge in [-0.15, -0.1) is 0 Å². The first kappa shape index (κ1) is 24.2. The van der Waals surface area contributed by atoms with Crippen molar-refractivity contribution in [1.29, 1.82) is 0 Å². The summed E-state index contributed by atoms with van der Waals surface area (Å²) in [7, 11) is -3.74. The smallest absolute Gasteiger partial charge is 0.331 e. The van der Waals surface area contributed by atoms with Gasteiger partial charge in [-0.25, -0.2) is 13.2 Å². The SMILES string of the molecule is Cc1ccc(C)c(NC(=O)[C@@H](OC(=O)[C@@H](C)N=C2NS(=O)(=O)c3ccccc32)c2ccccc2)c1. The summed E-state index contributed by atoms with van der Waals surface area (Å²) in [5.74, 6) is -1.22. The van der Waals surface area contributed by atoms with E-state index in [1.54, 1.807) is 48.5 Å². The van der Waals surface area contributed by atoms with Crippen molar-refractivity contribution in [1.82, 2.24) is 4.72 Å². The zero-order valence-corrected chi connectivity index (χ0v) is 20.3. The highest BCUT2D eigenvalue weighted by Gasteiger charge is 2.32. The van der Waals surface area contributed by atoms with Crippen molar-refractivity contribution in [3.8, 4) is 0 Å². The number of esters is 1. The van der Waals surface area contributed by atoms with E-state index >= 15 is 0 Å². The summed E-state index contributed by atoms with van der Waals surface area (Å²) in [5, 5.41) is 2.85. The number of amides is 1. The van der Waals surface area contributed by atoms with Gasteiger partial charge >= 0.3 is 5.97 Å². The van der Waals surface area contributed by atoms with Gasteiger partial charge < -0.3 is 10.1 Å². The number of hydrogen-bond donors (Lipinski definition) is 2. The van der Waals surface area contributed by atoms with E-state index in [9.17, 15) is 18.0 Å². The van der Waals surface area contributed by atoms with Crippen LogP contribution in [-0.4, -0.2) is 32.2 Å². The molecule has 1 aliphatic rings. The van der Waals surface area contributed by atoms with Gasteiger partial charge in [0.1, 0.15) is 11.9 Å². The molecule has 1 amide bonds. The summed E-state index contributed by atoms with van der Waals surface area (Å²) < 4.78 is 32.6. The second kappa shape index (κ2) is 9.71. The molecule has 0 bridgehead atoms. The maximum absolute atomic E-state index is 13.2. The van der Waals surface area contributed by atoms with Gasteiger partial charge in [0.05, 0.1) is 4.90 Å². The predicted molar refractivity (Wildman–Crippen MR) is 133 cm³/mol. The maximum Gasteiger partial charge on any atom is 0.331 e. The largest absolute Gasteiger partial charge is 0.446 e.